The van der Waals surface area contributed by atoms with Crippen LogP contribution in [0.2, 0.25) is 0 Å². The van der Waals surface area contributed by atoms with Crippen LogP contribution in [0.25, 0.3) is 0 Å². The molecule has 3 heterocycles. The summed E-state index contributed by atoms with van der Waals surface area (Å²) in [5.41, 5.74) is 1.96. The second-order valence-electron chi connectivity index (χ2n) is 7.34. The monoisotopic (exact) mass is 396 g/mol. The van der Waals surface area contributed by atoms with Crippen molar-refractivity contribution in [2.45, 2.75) is 26.3 Å². The first-order valence-electron chi connectivity index (χ1n) is 9.73. The van der Waals surface area contributed by atoms with Crippen LogP contribution in [0.3, 0.4) is 0 Å². The predicted octanol–water partition coefficient (Wildman–Crippen LogP) is 2.68. The molecule has 0 spiro atoms. The van der Waals surface area contributed by atoms with E-state index in [9.17, 15) is 9.59 Å². The highest BCUT2D eigenvalue weighted by atomic mass is 16.7. The first-order valence-corrected chi connectivity index (χ1v) is 9.73. The molecule has 2 aliphatic rings. The summed E-state index contributed by atoms with van der Waals surface area (Å²) in [6.07, 6.45) is 3.26. The zero-order chi connectivity index (χ0) is 20.2. The van der Waals surface area contributed by atoms with E-state index in [4.69, 9.17) is 9.47 Å². The summed E-state index contributed by atoms with van der Waals surface area (Å²) >= 11 is 0. The lowest BCUT2D eigenvalue weighted by atomic mass is 9.97. The number of hydrogen-bond acceptors (Lipinski definition) is 5. The van der Waals surface area contributed by atoms with Crippen molar-refractivity contribution in [1.82, 2.24) is 15.2 Å². The van der Waals surface area contributed by atoms with Gasteiger partial charge in [0.1, 0.15) is 5.82 Å². The molecule has 152 valence electrons. The van der Waals surface area contributed by atoms with Crippen LogP contribution < -0.4 is 20.1 Å². The van der Waals surface area contributed by atoms with Gasteiger partial charge < -0.3 is 25.0 Å². The Morgan fingerprint density at radius 2 is 2.07 bits per heavy atom. The molecule has 29 heavy (non-hydrogen) atoms. The number of hydrogen-bond donors (Lipinski definition) is 2. The topological polar surface area (TPSA) is 92.8 Å². The minimum Gasteiger partial charge on any atom is -0.454 e. The Bertz CT molecular complexity index is 900. The molecule has 2 aliphatic heterocycles. The van der Waals surface area contributed by atoms with Crippen LogP contribution in [0.5, 0.6) is 11.5 Å². The maximum Gasteiger partial charge on any atom is 0.317 e. The highest BCUT2D eigenvalue weighted by molar-refractivity contribution is 5.92. The molecule has 1 saturated heterocycles. The third-order valence-corrected chi connectivity index (χ3v) is 5.12. The Hall–Kier alpha value is -3.29. The Labute approximate surface area is 169 Å². The third-order valence-electron chi connectivity index (χ3n) is 5.12. The first-order chi connectivity index (χ1) is 14.1. The largest absolute Gasteiger partial charge is 0.454 e. The number of carbonyl (C=O) groups is 2. The van der Waals surface area contributed by atoms with Crippen LogP contribution in [-0.2, 0) is 11.3 Å². The molecular weight excluding hydrogens is 372 g/mol. The summed E-state index contributed by atoms with van der Waals surface area (Å²) in [4.78, 5) is 31.1. The lowest BCUT2D eigenvalue weighted by molar-refractivity contribution is -0.121. The quantitative estimate of drug-likeness (QED) is 0.829. The second kappa shape index (κ2) is 8.38. The number of pyridine rings is 1. The predicted molar refractivity (Wildman–Crippen MR) is 107 cm³/mol. The highest BCUT2D eigenvalue weighted by Crippen LogP contribution is 2.32. The summed E-state index contributed by atoms with van der Waals surface area (Å²) in [7, 11) is 0. The SMILES string of the molecule is Cc1ccc(NC(=O)C2CCCN(C(=O)NCc3ccc4c(c3)OCO4)C2)nc1. The number of urea groups is 1. The lowest BCUT2D eigenvalue weighted by Gasteiger charge is -2.32. The fraction of sp³-hybridized carbons (Fsp3) is 0.381. The van der Waals surface area contributed by atoms with Crippen molar-refractivity contribution in [3.63, 3.8) is 0 Å². The van der Waals surface area contributed by atoms with Gasteiger partial charge in [-0.3, -0.25) is 4.79 Å². The number of amides is 3. The minimum absolute atomic E-state index is 0.102. The van der Waals surface area contributed by atoms with Gasteiger partial charge in [0.25, 0.3) is 0 Å². The second-order valence-corrected chi connectivity index (χ2v) is 7.34. The highest BCUT2D eigenvalue weighted by Gasteiger charge is 2.28. The molecule has 8 nitrogen and oxygen atoms in total. The molecule has 0 aliphatic carbocycles. The van der Waals surface area contributed by atoms with Crippen molar-refractivity contribution >= 4 is 17.8 Å². The molecule has 1 unspecified atom stereocenters. The van der Waals surface area contributed by atoms with E-state index in [1.165, 1.54) is 0 Å². The van der Waals surface area contributed by atoms with Crippen LogP contribution in [0.1, 0.15) is 24.0 Å². The number of benzene rings is 1. The van der Waals surface area contributed by atoms with Crippen molar-refractivity contribution in [2.75, 3.05) is 25.2 Å². The van der Waals surface area contributed by atoms with Crippen molar-refractivity contribution in [1.29, 1.82) is 0 Å². The molecule has 0 radical (unpaired) electrons. The molecule has 2 aromatic rings. The number of aromatic nitrogens is 1. The number of rotatable bonds is 4. The van der Waals surface area contributed by atoms with Crippen molar-refractivity contribution in [2.24, 2.45) is 5.92 Å². The molecule has 8 heteroatoms. The first kappa shape index (κ1) is 19.0. The summed E-state index contributed by atoms with van der Waals surface area (Å²) < 4.78 is 10.7. The number of likely N-dealkylation sites (tertiary alicyclic amines) is 1. The van der Waals surface area contributed by atoms with Gasteiger partial charge in [0.05, 0.1) is 5.92 Å². The molecule has 1 aromatic heterocycles. The molecule has 2 N–H and O–H groups in total. The standard InChI is InChI=1S/C21H24N4O4/c1-14-4-7-19(22-10-14)24-20(26)16-3-2-8-25(12-16)21(27)23-11-15-5-6-17-18(9-15)29-13-28-17/h4-7,9-10,16H,2-3,8,11-13H2,1H3,(H,23,27)(H,22,24,26). The van der Waals surface area contributed by atoms with Crippen LogP contribution in [0, 0.1) is 12.8 Å². The summed E-state index contributed by atoms with van der Waals surface area (Å²) in [5.74, 6) is 1.59. The zero-order valence-electron chi connectivity index (χ0n) is 16.3. The lowest BCUT2D eigenvalue weighted by Crippen LogP contribution is -2.47. The number of nitrogens with zero attached hydrogens (tertiary/aromatic N) is 2. The number of carbonyl (C=O) groups excluding carboxylic acids is 2. The number of fused-ring (bicyclic) bond motifs is 1. The Kier molecular flexibility index (Phi) is 5.50. The molecule has 3 amide bonds. The van der Waals surface area contributed by atoms with Crippen LogP contribution in [0.15, 0.2) is 36.5 Å². The normalized spacial score (nSPS) is 17.7. The zero-order valence-corrected chi connectivity index (χ0v) is 16.3. The van der Waals surface area contributed by atoms with Crippen LogP contribution >= 0.6 is 0 Å². The molecular formula is C21H24N4O4. The fourth-order valence-corrected chi connectivity index (χ4v) is 3.49. The average molecular weight is 396 g/mol. The van der Waals surface area contributed by atoms with Gasteiger partial charge in [0.15, 0.2) is 11.5 Å². The number of aryl methyl sites for hydroxylation is 1. The molecule has 0 saturated carbocycles. The van der Waals surface area contributed by atoms with Crippen LogP contribution in [-0.4, -0.2) is 41.7 Å². The van der Waals surface area contributed by atoms with E-state index >= 15 is 0 Å². The Morgan fingerprint density at radius 1 is 1.21 bits per heavy atom. The van der Waals surface area contributed by atoms with E-state index in [-0.39, 0.29) is 24.6 Å². The summed E-state index contributed by atoms with van der Waals surface area (Å²) in [6.45, 7) is 3.58. The van der Waals surface area contributed by atoms with E-state index < -0.39 is 0 Å². The van der Waals surface area contributed by atoms with Crippen LogP contribution in [0.4, 0.5) is 10.6 Å². The van der Waals surface area contributed by atoms with Gasteiger partial charge in [0, 0.05) is 25.8 Å². The summed E-state index contributed by atoms with van der Waals surface area (Å²) in [6, 6.07) is 9.11. The maximum absolute atomic E-state index is 12.6. The van der Waals surface area contributed by atoms with E-state index in [0.29, 0.717) is 37.0 Å². The average Bonchev–Trinajstić information content (AvgIpc) is 3.21. The number of piperidine rings is 1. The number of ether oxygens (including phenoxy) is 2. The Morgan fingerprint density at radius 3 is 2.90 bits per heavy atom. The van der Waals surface area contributed by atoms with Gasteiger partial charge in [0.2, 0.25) is 12.7 Å². The van der Waals surface area contributed by atoms with E-state index in [1.807, 2.05) is 31.2 Å². The molecule has 1 atom stereocenters. The summed E-state index contributed by atoms with van der Waals surface area (Å²) in [5, 5.41) is 5.77. The molecule has 1 aromatic carbocycles. The van der Waals surface area contributed by atoms with Crippen molar-refractivity contribution in [3.8, 4) is 11.5 Å². The molecule has 1 fully saturated rings. The third kappa shape index (κ3) is 4.59. The fourth-order valence-electron chi connectivity index (χ4n) is 3.49. The number of anilines is 1. The van der Waals surface area contributed by atoms with Crippen molar-refractivity contribution in [3.05, 3.63) is 47.7 Å². The van der Waals surface area contributed by atoms with E-state index in [1.54, 1.807) is 17.2 Å². The molecule has 4 rings (SSSR count). The van der Waals surface area contributed by atoms with Crippen molar-refractivity contribution < 1.29 is 19.1 Å². The maximum atomic E-state index is 12.6. The Balaban J connectivity index is 1.29. The van der Waals surface area contributed by atoms with E-state index in [2.05, 4.69) is 15.6 Å². The van der Waals surface area contributed by atoms with Gasteiger partial charge in [-0.2, -0.15) is 0 Å². The van der Waals surface area contributed by atoms with Gasteiger partial charge >= 0.3 is 6.03 Å². The van der Waals surface area contributed by atoms with Gasteiger partial charge in [-0.25, -0.2) is 9.78 Å². The minimum atomic E-state index is -0.247. The van der Waals surface area contributed by atoms with Gasteiger partial charge in [-0.05, 0) is 49.1 Å². The van der Waals surface area contributed by atoms with Gasteiger partial charge in [-0.1, -0.05) is 12.1 Å². The van der Waals surface area contributed by atoms with E-state index in [0.717, 1.165) is 24.0 Å². The number of nitrogens with one attached hydrogen (secondary N) is 2. The smallest absolute Gasteiger partial charge is 0.317 e. The molecule has 0 bridgehead atoms. The van der Waals surface area contributed by atoms with Gasteiger partial charge in [-0.15, -0.1) is 0 Å².